The third-order valence-corrected chi connectivity index (χ3v) is 11.5. The van der Waals surface area contributed by atoms with Crippen molar-refractivity contribution in [1.82, 2.24) is 25.8 Å². The highest BCUT2D eigenvalue weighted by atomic mass is 16.7. The molecule has 3 heterocycles. The average Bonchev–Trinajstić information content (AvgIpc) is 3.15. The van der Waals surface area contributed by atoms with Crippen LogP contribution in [0.1, 0.15) is 94.9 Å². The van der Waals surface area contributed by atoms with E-state index >= 15 is 0 Å². The maximum absolute atomic E-state index is 13.4. The number of aliphatic hydroxyl groups is 4. The van der Waals surface area contributed by atoms with E-state index in [0.29, 0.717) is 44.3 Å². The molecule has 1 unspecified atom stereocenters. The summed E-state index contributed by atoms with van der Waals surface area (Å²) in [6.07, 6.45) is -6.93. The summed E-state index contributed by atoms with van der Waals surface area (Å²) in [5.74, 6) is -0.916. The third-order valence-electron chi connectivity index (χ3n) is 11.5. The van der Waals surface area contributed by atoms with Crippen molar-refractivity contribution in [3.8, 4) is 0 Å². The van der Waals surface area contributed by atoms with E-state index in [1.165, 1.54) is 14.0 Å². The van der Waals surface area contributed by atoms with Crippen LogP contribution in [0.2, 0.25) is 0 Å². The lowest BCUT2D eigenvalue weighted by Crippen LogP contribution is -2.70. The van der Waals surface area contributed by atoms with Gasteiger partial charge in [0.25, 0.3) is 5.91 Å². The monoisotopic (exact) mass is 916 g/mol. The molecule has 0 aromatic heterocycles. The van der Waals surface area contributed by atoms with Crippen LogP contribution in [0.25, 0.3) is 0 Å². The standard InChI is InChI=1S/C43H77N7O14/c1-40(2,3)62-37(55)47-21-28(51)35(54)48-27-18-26(45)29(30(52)33(27)61-36-31(53)34(43(10,58)22-59-36)49(11)38(56)63-41(4,5)6)32-25(44)13-12-24(60-32)20-46-19-23-14-16-50(17-15-23)39(57)64-42(7,8)9/h12,23,25-34,36,46,51-53,58H,13-22,44-45H2,1-11H3,(H,47,55)(H,48,54)/t25-,26+,27-,28+,29-,30+,31-,32?,33+,34-,36-,43+/m1/s1. The van der Waals surface area contributed by atoms with Crippen LogP contribution >= 0.6 is 0 Å². The Morgan fingerprint density at radius 1 is 0.953 bits per heavy atom. The minimum absolute atomic E-state index is 0.0298. The Kier molecular flexibility index (Phi) is 17.7. The SMILES string of the molecule is CN(C(=O)OC(C)(C)C)[C@@H]1[C@@H](O)[C@@H](O[C@@H]2[C@@H](O)[C@H](C3OC(CNCC4CCN(C(=O)OC(C)(C)C)CC4)=CC[C@H]3N)[C@@H](N)C[C@H]2NC(=O)[C@@H](O)CNC(=O)OC(C)(C)C)OC[C@]1(C)O. The van der Waals surface area contributed by atoms with E-state index in [0.717, 1.165) is 17.7 Å². The number of ether oxygens (including phenoxy) is 6. The Morgan fingerprint density at radius 2 is 1.56 bits per heavy atom. The summed E-state index contributed by atoms with van der Waals surface area (Å²) in [5.41, 5.74) is 9.37. The number of rotatable bonds is 12. The number of hydrogen-bond acceptors (Lipinski definition) is 17. The molecule has 11 N–H and O–H groups in total. The van der Waals surface area contributed by atoms with Gasteiger partial charge in [-0.3, -0.25) is 4.79 Å². The minimum atomic E-state index is -1.78. The summed E-state index contributed by atoms with van der Waals surface area (Å²) in [4.78, 5) is 54.2. The van der Waals surface area contributed by atoms with Gasteiger partial charge in [-0.1, -0.05) is 0 Å². The molecule has 2 saturated heterocycles. The number of alkyl carbamates (subject to hydrolysis) is 1. The molecule has 64 heavy (non-hydrogen) atoms. The van der Waals surface area contributed by atoms with Gasteiger partial charge in [-0.2, -0.15) is 0 Å². The lowest BCUT2D eigenvalue weighted by atomic mass is 9.72. The molecule has 0 bridgehead atoms. The molecule has 1 aliphatic carbocycles. The van der Waals surface area contributed by atoms with Crippen molar-refractivity contribution in [2.75, 3.05) is 46.4 Å². The summed E-state index contributed by atoms with van der Waals surface area (Å²) < 4.78 is 34.9. The van der Waals surface area contributed by atoms with Crippen LogP contribution in [-0.2, 0) is 33.2 Å². The van der Waals surface area contributed by atoms with Crippen LogP contribution in [0.4, 0.5) is 14.4 Å². The molecular formula is C43H77N7O14. The summed E-state index contributed by atoms with van der Waals surface area (Å²) in [5, 5.41) is 54.6. The number of amides is 4. The predicted octanol–water partition coefficient (Wildman–Crippen LogP) is 0.391. The molecular weight excluding hydrogens is 839 g/mol. The van der Waals surface area contributed by atoms with Crippen molar-refractivity contribution in [1.29, 1.82) is 0 Å². The number of hydrogen-bond donors (Lipinski definition) is 9. The number of likely N-dealkylation sites (tertiary alicyclic amines) is 1. The van der Waals surface area contributed by atoms with Crippen molar-refractivity contribution in [2.24, 2.45) is 23.3 Å². The zero-order chi connectivity index (χ0) is 48.1. The summed E-state index contributed by atoms with van der Waals surface area (Å²) in [6.45, 7) is 18.2. The zero-order valence-electron chi connectivity index (χ0n) is 39.5. The van der Waals surface area contributed by atoms with E-state index in [-0.39, 0.29) is 12.5 Å². The van der Waals surface area contributed by atoms with Crippen LogP contribution in [0, 0.1) is 11.8 Å². The molecule has 3 aliphatic heterocycles. The smallest absolute Gasteiger partial charge is 0.410 e. The molecule has 4 rings (SSSR count). The molecule has 4 amide bonds. The number of carbonyl (C=O) groups excluding carboxylic acids is 4. The van der Waals surface area contributed by atoms with Gasteiger partial charge in [0, 0.05) is 38.1 Å². The van der Waals surface area contributed by atoms with Gasteiger partial charge < -0.3 is 86.1 Å². The minimum Gasteiger partial charge on any atom is -0.492 e. The lowest BCUT2D eigenvalue weighted by Gasteiger charge is -2.51. The van der Waals surface area contributed by atoms with Crippen molar-refractivity contribution in [3.05, 3.63) is 11.8 Å². The van der Waals surface area contributed by atoms with Crippen molar-refractivity contribution in [3.63, 3.8) is 0 Å². The number of piperidine rings is 1. The van der Waals surface area contributed by atoms with Crippen molar-refractivity contribution in [2.45, 2.75) is 178 Å². The number of nitrogens with one attached hydrogen (secondary N) is 3. The maximum Gasteiger partial charge on any atom is 0.410 e. The van der Waals surface area contributed by atoms with Gasteiger partial charge >= 0.3 is 18.3 Å². The Morgan fingerprint density at radius 3 is 2.16 bits per heavy atom. The van der Waals surface area contributed by atoms with Crippen molar-refractivity contribution >= 4 is 24.2 Å². The van der Waals surface area contributed by atoms with Gasteiger partial charge in [0.05, 0.1) is 37.9 Å². The quantitative estimate of drug-likeness (QED) is 0.120. The second kappa shape index (κ2) is 21.4. The van der Waals surface area contributed by atoms with E-state index in [9.17, 15) is 39.6 Å². The number of aliphatic hydroxyl groups excluding tert-OH is 3. The first kappa shape index (κ1) is 53.1. The largest absolute Gasteiger partial charge is 0.492 e. The summed E-state index contributed by atoms with van der Waals surface area (Å²) in [7, 11) is 1.36. The van der Waals surface area contributed by atoms with Gasteiger partial charge in [-0.25, -0.2) is 14.4 Å². The molecule has 21 heteroatoms. The first-order chi connectivity index (χ1) is 29.5. The fourth-order valence-electron chi connectivity index (χ4n) is 8.47. The molecule has 368 valence electrons. The van der Waals surface area contributed by atoms with Crippen LogP contribution < -0.4 is 27.4 Å². The fraction of sp³-hybridized carbons (Fsp3) is 0.860. The molecule has 0 aromatic rings. The topological polar surface area (TPSA) is 299 Å². The Hall–Kier alpha value is -3.54. The van der Waals surface area contributed by atoms with E-state index in [1.807, 2.05) is 26.8 Å². The van der Waals surface area contributed by atoms with Gasteiger partial charge in [-0.15, -0.1) is 0 Å². The summed E-state index contributed by atoms with van der Waals surface area (Å²) >= 11 is 0. The van der Waals surface area contributed by atoms with Gasteiger partial charge in [0.15, 0.2) is 6.29 Å². The highest BCUT2D eigenvalue weighted by Gasteiger charge is 2.55. The molecule has 0 spiro atoms. The number of carbonyl (C=O) groups is 4. The van der Waals surface area contributed by atoms with Crippen LogP contribution in [-0.4, -0.2) is 184 Å². The summed E-state index contributed by atoms with van der Waals surface area (Å²) in [6, 6.07) is -3.89. The van der Waals surface area contributed by atoms with E-state index in [2.05, 4.69) is 16.0 Å². The highest BCUT2D eigenvalue weighted by molar-refractivity contribution is 5.82. The van der Waals surface area contributed by atoms with E-state index < -0.39 is 121 Å². The average molecular weight is 916 g/mol. The zero-order valence-corrected chi connectivity index (χ0v) is 39.5. The molecule has 0 radical (unpaired) electrons. The molecule has 21 nitrogen and oxygen atoms in total. The van der Waals surface area contributed by atoms with Gasteiger partial charge in [-0.05, 0) is 113 Å². The Balaban J connectivity index is 1.49. The third kappa shape index (κ3) is 15.0. The molecule has 3 fully saturated rings. The first-order valence-corrected chi connectivity index (χ1v) is 22.3. The molecule has 12 atom stereocenters. The first-order valence-electron chi connectivity index (χ1n) is 22.3. The van der Waals surface area contributed by atoms with Crippen LogP contribution in [0.5, 0.6) is 0 Å². The Bertz CT molecular complexity index is 1620. The van der Waals surface area contributed by atoms with E-state index in [1.54, 1.807) is 46.4 Å². The predicted molar refractivity (Wildman–Crippen MR) is 232 cm³/mol. The second-order valence-electron chi connectivity index (χ2n) is 20.8. The maximum atomic E-state index is 13.4. The fourth-order valence-corrected chi connectivity index (χ4v) is 8.47. The molecule has 4 aliphatic rings. The number of likely N-dealkylation sites (N-methyl/N-ethyl adjacent to an activating group) is 1. The molecule has 0 aromatic carbocycles. The van der Waals surface area contributed by atoms with Crippen LogP contribution in [0.3, 0.4) is 0 Å². The Labute approximate surface area is 377 Å². The number of nitrogens with two attached hydrogens (primary N) is 2. The second-order valence-corrected chi connectivity index (χ2v) is 20.8. The van der Waals surface area contributed by atoms with Gasteiger partial charge in [0.1, 0.15) is 52.6 Å². The van der Waals surface area contributed by atoms with Crippen molar-refractivity contribution < 1.29 is 68.0 Å². The molecule has 1 saturated carbocycles. The number of nitrogens with zero attached hydrogens (tertiary/aromatic N) is 2. The van der Waals surface area contributed by atoms with Gasteiger partial charge in [0.2, 0.25) is 0 Å². The normalized spacial score (nSPS) is 32.3. The highest BCUT2D eigenvalue weighted by Crippen LogP contribution is 2.37. The lowest BCUT2D eigenvalue weighted by molar-refractivity contribution is -0.305. The van der Waals surface area contributed by atoms with E-state index in [4.69, 9.17) is 39.9 Å². The van der Waals surface area contributed by atoms with Crippen LogP contribution in [0.15, 0.2) is 11.8 Å².